The van der Waals surface area contributed by atoms with E-state index < -0.39 is 0 Å². The third kappa shape index (κ3) is 6.16. The highest BCUT2D eigenvalue weighted by Gasteiger charge is 2.17. The largest absolute Gasteiger partial charge is 0.456 e. The van der Waals surface area contributed by atoms with Crippen molar-refractivity contribution in [3.8, 4) is 78.7 Å². The molecule has 4 nitrogen and oxygen atoms in total. The van der Waals surface area contributed by atoms with Crippen LogP contribution in [0.4, 0.5) is 0 Å². The molecular weight excluding hydrogens is 671 g/mol. The van der Waals surface area contributed by atoms with Gasteiger partial charge in [-0.1, -0.05) is 188 Å². The molecule has 2 heterocycles. The Morgan fingerprint density at radius 3 is 1.27 bits per heavy atom. The molecule has 0 spiro atoms. The zero-order chi connectivity index (χ0) is 36.6. The van der Waals surface area contributed by atoms with Gasteiger partial charge in [0, 0.05) is 27.5 Å². The van der Waals surface area contributed by atoms with Crippen molar-refractivity contribution in [3.63, 3.8) is 0 Å². The first-order valence-corrected chi connectivity index (χ1v) is 18.4. The maximum absolute atomic E-state index is 6.15. The molecule has 0 saturated heterocycles. The molecule has 0 fully saturated rings. The number of furan rings is 1. The Labute approximate surface area is 319 Å². The number of benzene rings is 8. The monoisotopic (exact) mass is 703 g/mol. The number of aromatic nitrogens is 3. The molecule has 0 aliphatic heterocycles. The van der Waals surface area contributed by atoms with Gasteiger partial charge >= 0.3 is 0 Å². The Hall–Kier alpha value is -7.43. The second-order valence-corrected chi connectivity index (χ2v) is 13.6. The third-order valence-electron chi connectivity index (χ3n) is 10.2. The lowest BCUT2D eigenvalue weighted by atomic mass is 9.96. The first-order valence-electron chi connectivity index (χ1n) is 18.4. The van der Waals surface area contributed by atoms with Crippen LogP contribution in [0.5, 0.6) is 0 Å². The fraction of sp³-hybridized carbons (Fsp3) is 0. The van der Waals surface area contributed by atoms with Gasteiger partial charge in [-0.05, 0) is 56.6 Å². The van der Waals surface area contributed by atoms with Crippen LogP contribution in [0.1, 0.15) is 0 Å². The number of para-hydroxylation sites is 1. The average Bonchev–Trinajstić information content (AvgIpc) is 3.66. The second kappa shape index (κ2) is 13.8. The quantitative estimate of drug-likeness (QED) is 0.166. The molecule has 2 aromatic heterocycles. The second-order valence-electron chi connectivity index (χ2n) is 13.6. The third-order valence-corrected chi connectivity index (χ3v) is 10.2. The number of rotatable bonds is 7. The maximum Gasteiger partial charge on any atom is 0.164 e. The van der Waals surface area contributed by atoms with Crippen LogP contribution < -0.4 is 0 Å². The summed E-state index contributed by atoms with van der Waals surface area (Å²) >= 11 is 0. The summed E-state index contributed by atoms with van der Waals surface area (Å²) in [7, 11) is 0. The molecule has 0 aliphatic carbocycles. The molecule has 0 radical (unpaired) electrons. The minimum atomic E-state index is 0.623. The first kappa shape index (κ1) is 32.2. The maximum atomic E-state index is 6.15. The van der Waals surface area contributed by atoms with E-state index in [-0.39, 0.29) is 0 Å². The van der Waals surface area contributed by atoms with Gasteiger partial charge in [-0.3, -0.25) is 0 Å². The smallest absolute Gasteiger partial charge is 0.164 e. The summed E-state index contributed by atoms with van der Waals surface area (Å²) in [5.41, 5.74) is 13.6. The van der Waals surface area contributed by atoms with Crippen LogP contribution in [0.25, 0.3) is 101 Å². The minimum absolute atomic E-state index is 0.623. The van der Waals surface area contributed by atoms with Gasteiger partial charge in [0.2, 0.25) is 0 Å². The van der Waals surface area contributed by atoms with Gasteiger partial charge < -0.3 is 4.42 Å². The van der Waals surface area contributed by atoms with Gasteiger partial charge in [-0.15, -0.1) is 0 Å². The van der Waals surface area contributed by atoms with Crippen LogP contribution >= 0.6 is 0 Å². The molecule has 0 bridgehead atoms. The summed E-state index contributed by atoms with van der Waals surface area (Å²) in [5, 5.41) is 2.27. The number of nitrogens with zero attached hydrogens (tertiary/aromatic N) is 3. The fourth-order valence-electron chi connectivity index (χ4n) is 7.41. The van der Waals surface area contributed by atoms with Crippen molar-refractivity contribution in [1.29, 1.82) is 0 Å². The minimum Gasteiger partial charge on any atom is -0.456 e. The predicted octanol–water partition coefficient (Wildman–Crippen LogP) is 13.4. The highest BCUT2D eigenvalue weighted by Crippen LogP contribution is 2.38. The number of fused-ring (bicyclic) bond motifs is 3. The lowest BCUT2D eigenvalue weighted by molar-refractivity contribution is 0.669. The SMILES string of the molecule is c1ccc(-c2ccc(-c3nc(-c4ccc(-c5ccc(-c6cccc7oc8ccccc8c67)cc5)cc4)nc(-c4ccccc4-c4ccccc4)n3)cc2)cc1. The Kier molecular flexibility index (Phi) is 8.12. The van der Waals surface area contributed by atoms with Gasteiger partial charge in [0.1, 0.15) is 11.2 Å². The van der Waals surface area contributed by atoms with Gasteiger partial charge in [-0.2, -0.15) is 0 Å². The molecule has 10 rings (SSSR count). The summed E-state index contributed by atoms with van der Waals surface area (Å²) in [5.74, 6) is 1.88. The molecule has 0 unspecified atom stereocenters. The first-order chi connectivity index (χ1) is 27.2. The van der Waals surface area contributed by atoms with Crippen molar-refractivity contribution in [1.82, 2.24) is 15.0 Å². The van der Waals surface area contributed by atoms with E-state index in [2.05, 4.69) is 164 Å². The van der Waals surface area contributed by atoms with Crippen LogP contribution in [0, 0.1) is 0 Å². The molecule has 10 aromatic rings. The van der Waals surface area contributed by atoms with Gasteiger partial charge in [0.05, 0.1) is 0 Å². The van der Waals surface area contributed by atoms with Gasteiger partial charge in [0.25, 0.3) is 0 Å². The zero-order valence-electron chi connectivity index (χ0n) is 29.8. The van der Waals surface area contributed by atoms with E-state index in [1.165, 1.54) is 5.56 Å². The van der Waals surface area contributed by atoms with E-state index in [9.17, 15) is 0 Å². The molecule has 55 heavy (non-hydrogen) atoms. The molecule has 0 aliphatic rings. The topological polar surface area (TPSA) is 51.8 Å². The van der Waals surface area contributed by atoms with Crippen LogP contribution in [0.3, 0.4) is 0 Å². The van der Waals surface area contributed by atoms with Crippen LogP contribution in [-0.2, 0) is 0 Å². The summed E-state index contributed by atoms with van der Waals surface area (Å²) in [6.45, 7) is 0. The Bertz CT molecular complexity index is 2930. The number of hydrogen-bond donors (Lipinski definition) is 0. The highest BCUT2D eigenvalue weighted by atomic mass is 16.3. The summed E-state index contributed by atoms with van der Waals surface area (Å²) in [6, 6.07) is 69.3. The lowest BCUT2D eigenvalue weighted by Crippen LogP contribution is -2.01. The molecule has 0 amide bonds. The number of hydrogen-bond acceptors (Lipinski definition) is 4. The van der Waals surface area contributed by atoms with Crippen molar-refractivity contribution in [2.75, 3.05) is 0 Å². The Morgan fingerprint density at radius 2 is 0.655 bits per heavy atom. The standard InChI is InChI=1S/C51H33N3O/c1-3-12-34(13-4-1)35-24-30-40(31-25-35)49-52-50(54-51(53-49)44-17-8-7-16-42(44)38-14-5-2-6-15-38)41-32-26-37(27-33-41)36-22-28-39(29-23-36)43-19-11-21-47-48(43)45-18-9-10-20-46(45)55-47/h1-33H. The molecule has 0 N–H and O–H groups in total. The molecular formula is C51H33N3O. The van der Waals surface area contributed by atoms with Crippen molar-refractivity contribution >= 4 is 21.9 Å². The summed E-state index contributed by atoms with van der Waals surface area (Å²) in [6.07, 6.45) is 0. The Morgan fingerprint density at radius 1 is 0.255 bits per heavy atom. The summed E-state index contributed by atoms with van der Waals surface area (Å²) < 4.78 is 6.15. The fourth-order valence-corrected chi connectivity index (χ4v) is 7.41. The normalized spacial score (nSPS) is 11.3. The van der Waals surface area contributed by atoms with E-state index >= 15 is 0 Å². The van der Waals surface area contributed by atoms with E-state index in [4.69, 9.17) is 19.4 Å². The van der Waals surface area contributed by atoms with Crippen molar-refractivity contribution in [3.05, 3.63) is 200 Å². The zero-order valence-corrected chi connectivity index (χ0v) is 29.8. The molecule has 0 atom stereocenters. The average molecular weight is 704 g/mol. The van der Waals surface area contributed by atoms with E-state index in [1.54, 1.807) is 0 Å². The van der Waals surface area contributed by atoms with Gasteiger partial charge in [0.15, 0.2) is 17.5 Å². The van der Waals surface area contributed by atoms with Gasteiger partial charge in [-0.25, -0.2) is 15.0 Å². The van der Waals surface area contributed by atoms with Crippen molar-refractivity contribution in [2.45, 2.75) is 0 Å². The van der Waals surface area contributed by atoms with Crippen molar-refractivity contribution in [2.24, 2.45) is 0 Å². The van der Waals surface area contributed by atoms with Crippen molar-refractivity contribution < 1.29 is 4.42 Å². The van der Waals surface area contributed by atoms with Crippen LogP contribution in [0.15, 0.2) is 205 Å². The van der Waals surface area contributed by atoms with E-state index in [0.29, 0.717) is 17.5 Å². The van der Waals surface area contributed by atoms with E-state index in [1.807, 2.05) is 36.4 Å². The molecule has 258 valence electrons. The molecule has 0 saturated carbocycles. The lowest BCUT2D eigenvalue weighted by Gasteiger charge is -2.12. The Balaban J connectivity index is 1.01. The van der Waals surface area contributed by atoms with E-state index in [0.717, 1.165) is 77.6 Å². The van der Waals surface area contributed by atoms with Crippen LogP contribution in [-0.4, -0.2) is 15.0 Å². The predicted molar refractivity (Wildman–Crippen MR) is 225 cm³/mol. The summed E-state index contributed by atoms with van der Waals surface area (Å²) in [4.78, 5) is 15.3. The molecule has 8 aromatic carbocycles. The highest BCUT2D eigenvalue weighted by molar-refractivity contribution is 6.12. The molecule has 4 heteroatoms. The van der Waals surface area contributed by atoms with Crippen LogP contribution in [0.2, 0.25) is 0 Å².